The molecule has 1 heterocycles. The summed E-state index contributed by atoms with van der Waals surface area (Å²) in [6.07, 6.45) is 0. The van der Waals surface area contributed by atoms with Gasteiger partial charge in [0.25, 0.3) is 0 Å². The molecule has 50 heavy (non-hydrogen) atoms. The molecule has 0 aliphatic heterocycles. The van der Waals surface area contributed by atoms with Crippen molar-refractivity contribution < 1.29 is 0 Å². The Morgan fingerprint density at radius 3 is 1.00 bits per heavy atom. The molecule has 0 aliphatic rings. The van der Waals surface area contributed by atoms with Gasteiger partial charge in [0.2, 0.25) is 0 Å². The minimum absolute atomic E-state index is 0.734. The molecule has 2 nitrogen and oxygen atoms in total. The third-order valence-corrected chi connectivity index (χ3v) is 14.3. The molecule has 7 aromatic carbocycles. The number of rotatable bonds is 8. The highest BCUT2D eigenvalue weighted by Crippen LogP contribution is 2.37. The Morgan fingerprint density at radius 2 is 0.620 bits per heavy atom. The van der Waals surface area contributed by atoms with Crippen LogP contribution in [0, 0.1) is 0 Å². The Bertz CT molecular complexity index is 2310. The fourth-order valence-corrected chi connectivity index (χ4v) is 12.1. The highest BCUT2D eigenvalue weighted by molar-refractivity contribution is 7.19. The van der Waals surface area contributed by atoms with Gasteiger partial charge in [-0.2, -0.15) is 0 Å². The zero-order chi connectivity index (χ0) is 33.8. The van der Waals surface area contributed by atoms with Crippen molar-refractivity contribution in [2.75, 3.05) is 0 Å². The summed E-state index contributed by atoms with van der Waals surface area (Å²) in [5, 5.41) is 5.82. The molecule has 0 spiro atoms. The highest BCUT2D eigenvalue weighted by Gasteiger charge is 2.41. The van der Waals surface area contributed by atoms with Gasteiger partial charge < -0.3 is 0 Å². The van der Waals surface area contributed by atoms with Gasteiger partial charge in [-0.1, -0.05) is 200 Å². The molecule has 0 fully saturated rings. The summed E-state index contributed by atoms with van der Waals surface area (Å²) >= 11 is 6.72. The highest BCUT2D eigenvalue weighted by atomic mass is 35.5. The van der Waals surface area contributed by atoms with Crippen LogP contribution in [-0.4, -0.2) is 18.0 Å². The van der Waals surface area contributed by atoms with Crippen LogP contribution in [-0.2, 0) is 0 Å². The number of hydrogen-bond acceptors (Lipinski definition) is 2. The number of nitrogens with zero attached hydrogens (tertiary/aromatic N) is 2. The lowest BCUT2D eigenvalue weighted by molar-refractivity contribution is 1.21. The molecule has 0 saturated heterocycles. The van der Waals surface area contributed by atoms with Gasteiger partial charge >= 0.3 is 0 Å². The summed E-state index contributed by atoms with van der Waals surface area (Å²) in [7, 11) is -2.77. The van der Waals surface area contributed by atoms with E-state index in [1.54, 1.807) is 0 Å². The Balaban J connectivity index is 1.38. The lowest BCUT2D eigenvalue weighted by Gasteiger charge is -2.34. The van der Waals surface area contributed by atoms with Crippen molar-refractivity contribution in [3.05, 3.63) is 205 Å². The lowest BCUT2D eigenvalue weighted by Crippen LogP contribution is -2.74. The summed E-state index contributed by atoms with van der Waals surface area (Å²) in [5.41, 5.74) is 7.48. The first-order chi connectivity index (χ1) is 24.7. The van der Waals surface area contributed by atoms with Gasteiger partial charge in [0.15, 0.2) is 8.07 Å². The fraction of sp³-hybridized carbons (Fsp3) is 0. The van der Waals surface area contributed by atoms with Crippen molar-refractivity contribution in [1.29, 1.82) is 0 Å². The first-order valence-corrected chi connectivity index (χ1v) is 19.2. The van der Waals surface area contributed by atoms with E-state index in [9.17, 15) is 0 Å². The van der Waals surface area contributed by atoms with E-state index in [1.165, 1.54) is 20.7 Å². The van der Waals surface area contributed by atoms with E-state index >= 15 is 0 Å². The van der Waals surface area contributed by atoms with Gasteiger partial charge in [0.1, 0.15) is 0 Å². The van der Waals surface area contributed by atoms with E-state index < -0.39 is 8.07 Å². The van der Waals surface area contributed by atoms with Crippen molar-refractivity contribution in [2.24, 2.45) is 0 Å². The van der Waals surface area contributed by atoms with Crippen LogP contribution in [0.2, 0.25) is 5.02 Å². The average Bonchev–Trinajstić information content (AvgIpc) is 3.20. The monoisotopic (exact) mass is 676 g/mol. The van der Waals surface area contributed by atoms with Gasteiger partial charge in [0, 0.05) is 27.3 Å². The Hall–Kier alpha value is -5.87. The van der Waals surface area contributed by atoms with Gasteiger partial charge in [-0.05, 0) is 32.9 Å². The van der Waals surface area contributed by atoms with Crippen molar-refractivity contribution in [1.82, 2.24) is 9.97 Å². The van der Waals surface area contributed by atoms with E-state index in [-0.39, 0.29) is 0 Å². The molecule has 238 valence electrons. The summed E-state index contributed by atoms with van der Waals surface area (Å²) < 4.78 is 0. The van der Waals surface area contributed by atoms with Gasteiger partial charge in [-0.25, -0.2) is 9.97 Å². The van der Waals surface area contributed by atoms with Crippen LogP contribution in [0.4, 0.5) is 0 Å². The van der Waals surface area contributed by atoms with Crippen LogP contribution in [0.5, 0.6) is 0 Å². The largest absolute Gasteiger partial charge is 0.243 e. The molecule has 4 heteroatoms. The van der Waals surface area contributed by atoms with Crippen LogP contribution < -0.4 is 20.7 Å². The third kappa shape index (κ3) is 5.88. The average molecular weight is 677 g/mol. The molecular weight excluding hydrogens is 644 g/mol. The molecule has 0 atom stereocenters. The van der Waals surface area contributed by atoms with Gasteiger partial charge in [-0.15, -0.1) is 0 Å². The lowest BCUT2D eigenvalue weighted by atomic mass is 9.99. The molecule has 0 radical (unpaired) electrons. The van der Waals surface area contributed by atoms with E-state index in [2.05, 4.69) is 176 Å². The molecule has 0 aliphatic carbocycles. The van der Waals surface area contributed by atoms with E-state index in [0.29, 0.717) is 0 Å². The van der Waals surface area contributed by atoms with Crippen molar-refractivity contribution in [3.8, 4) is 45.0 Å². The smallest absolute Gasteiger partial charge is 0.179 e. The van der Waals surface area contributed by atoms with E-state index in [0.717, 1.165) is 50.1 Å². The second-order valence-electron chi connectivity index (χ2n) is 12.3. The first kappa shape index (κ1) is 31.4. The van der Waals surface area contributed by atoms with Crippen LogP contribution in [0.1, 0.15) is 0 Å². The molecular formula is C46H33ClN2Si. The molecule has 0 bridgehead atoms. The van der Waals surface area contributed by atoms with Crippen LogP contribution in [0.3, 0.4) is 0 Å². The topological polar surface area (TPSA) is 25.8 Å². The molecule has 0 saturated carbocycles. The third-order valence-electron chi connectivity index (χ3n) is 9.30. The summed E-state index contributed by atoms with van der Waals surface area (Å²) in [5.74, 6) is 0. The minimum atomic E-state index is -2.77. The number of hydrogen-bond donors (Lipinski definition) is 0. The molecule has 0 unspecified atom stereocenters. The van der Waals surface area contributed by atoms with E-state index in [1.807, 2.05) is 24.3 Å². The van der Waals surface area contributed by atoms with Crippen molar-refractivity contribution >= 4 is 40.4 Å². The minimum Gasteiger partial charge on any atom is -0.243 e. The van der Waals surface area contributed by atoms with Crippen molar-refractivity contribution in [3.63, 3.8) is 0 Å². The number of aromatic nitrogens is 2. The Morgan fingerprint density at radius 1 is 0.300 bits per heavy atom. The predicted octanol–water partition coefficient (Wildman–Crippen LogP) is 9.18. The standard InChI is InChI=1S/C46H33ClN2Si/c47-38-23-16-28-42(33-38)50(39-24-12-4-13-25-39,40-26-14-5-15-27-40)41-31-29-37(30-32-41)46-45(36-21-10-3-11-22-36)48-43(34-17-6-1-7-18-34)44(49-46)35-19-8-2-9-20-35/h1-33H. The molecule has 0 amide bonds. The zero-order valence-corrected chi connectivity index (χ0v) is 29.1. The van der Waals surface area contributed by atoms with Gasteiger partial charge in [0.05, 0.1) is 22.8 Å². The summed E-state index contributed by atoms with van der Waals surface area (Å²) in [6, 6.07) is 70.3. The Kier molecular flexibility index (Phi) is 8.75. The molecule has 1 aromatic heterocycles. The van der Waals surface area contributed by atoms with Crippen LogP contribution in [0.15, 0.2) is 200 Å². The predicted molar refractivity (Wildman–Crippen MR) is 212 cm³/mol. The Labute approximate surface area is 299 Å². The molecule has 8 rings (SSSR count). The number of benzene rings is 7. The summed E-state index contributed by atoms with van der Waals surface area (Å²) in [6.45, 7) is 0. The van der Waals surface area contributed by atoms with E-state index in [4.69, 9.17) is 21.6 Å². The maximum atomic E-state index is 6.72. The van der Waals surface area contributed by atoms with Crippen LogP contribution in [0.25, 0.3) is 45.0 Å². The molecule has 8 aromatic rings. The van der Waals surface area contributed by atoms with Gasteiger partial charge in [-0.3, -0.25) is 0 Å². The fourth-order valence-electron chi connectivity index (χ4n) is 7.00. The SMILES string of the molecule is Clc1cccc([Si](c2ccccc2)(c2ccccc2)c2ccc(-c3nc(-c4ccccc4)c(-c4ccccc4)nc3-c3ccccc3)cc2)c1. The zero-order valence-electron chi connectivity index (χ0n) is 27.3. The summed E-state index contributed by atoms with van der Waals surface area (Å²) in [4.78, 5) is 10.9. The normalized spacial score (nSPS) is 11.3. The van der Waals surface area contributed by atoms with Crippen molar-refractivity contribution in [2.45, 2.75) is 0 Å². The quantitative estimate of drug-likeness (QED) is 0.119. The number of halogens is 1. The maximum Gasteiger partial charge on any atom is 0.179 e. The molecule has 0 N–H and O–H groups in total. The maximum absolute atomic E-state index is 6.72. The second kappa shape index (κ2) is 13.9. The van der Waals surface area contributed by atoms with Crippen LogP contribution >= 0.6 is 11.6 Å². The first-order valence-electron chi connectivity index (χ1n) is 16.8. The second-order valence-corrected chi connectivity index (χ2v) is 16.5.